The summed E-state index contributed by atoms with van der Waals surface area (Å²) in [6, 6.07) is -0.0162. The lowest BCUT2D eigenvalue weighted by Crippen LogP contribution is -2.55. The van der Waals surface area contributed by atoms with E-state index >= 15 is 0 Å². The number of amides is 1. The fraction of sp³-hybridized carbons (Fsp3) is 0.917. The Hall–Kier alpha value is -0.410. The largest absolute Gasteiger partial charge is 0.340 e. The van der Waals surface area contributed by atoms with Crippen LogP contribution in [0.25, 0.3) is 0 Å². The number of fused-ring (bicyclic) bond motifs is 2. The molecule has 122 valence electrons. The van der Waals surface area contributed by atoms with Crippen LogP contribution < -0.4 is 10.9 Å². The lowest BCUT2D eigenvalue weighted by molar-refractivity contribution is -0.139. The summed E-state index contributed by atoms with van der Waals surface area (Å²) in [5.74, 6) is 0.979. The van der Waals surface area contributed by atoms with Crippen molar-refractivity contribution in [1.29, 1.82) is 0 Å². The number of halogens is 1. The van der Waals surface area contributed by atoms with E-state index in [-0.39, 0.29) is 43.4 Å². The molecule has 1 aliphatic heterocycles. The molecule has 7 nitrogen and oxygen atoms in total. The summed E-state index contributed by atoms with van der Waals surface area (Å²) in [6.07, 6.45) is 3.33. The van der Waals surface area contributed by atoms with Gasteiger partial charge in [-0.15, -0.1) is 12.4 Å². The molecule has 0 aromatic carbocycles. The van der Waals surface area contributed by atoms with Gasteiger partial charge in [-0.25, -0.2) is 5.14 Å². The average Bonchev–Trinajstić information content (AvgIpc) is 2.98. The van der Waals surface area contributed by atoms with Crippen molar-refractivity contribution < 1.29 is 13.2 Å². The second-order valence-electron chi connectivity index (χ2n) is 6.21. The third kappa shape index (κ3) is 3.05. The standard InChI is InChI=1S/C12H22N4O3S.ClH/c13-11-9-2-1-8(7-9)10(11)12(17)15-3-5-16(6-4-15)20(14,18)19;/h8-11H,1-7,13H2,(H2,14,18,19);1H. The maximum atomic E-state index is 12.6. The zero-order chi connectivity index (χ0) is 14.5. The van der Waals surface area contributed by atoms with E-state index in [9.17, 15) is 13.2 Å². The Morgan fingerprint density at radius 2 is 1.62 bits per heavy atom. The van der Waals surface area contributed by atoms with Gasteiger partial charge in [-0.3, -0.25) is 4.79 Å². The molecule has 4 unspecified atom stereocenters. The summed E-state index contributed by atoms with van der Waals surface area (Å²) in [5, 5.41) is 5.10. The Bertz CT molecular complexity index is 505. The third-order valence-corrected chi connectivity index (χ3v) is 6.26. The number of rotatable bonds is 2. The zero-order valence-electron chi connectivity index (χ0n) is 11.8. The third-order valence-electron chi connectivity index (χ3n) is 5.18. The van der Waals surface area contributed by atoms with Crippen LogP contribution in [0.4, 0.5) is 0 Å². The predicted molar refractivity (Wildman–Crippen MR) is 80.8 cm³/mol. The lowest BCUT2D eigenvalue weighted by Gasteiger charge is -2.37. The van der Waals surface area contributed by atoms with Crippen LogP contribution in [0.15, 0.2) is 0 Å². The molecule has 0 radical (unpaired) electrons. The highest BCUT2D eigenvalue weighted by atomic mass is 35.5. The highest BCUT2D eigenvalue weighted by molar-refractivity contribution is 7.86. The Kier molecular flexibility index (Phi) is 4.84. The summed E-state index contributed by atoms with van der Waals surface area (Å²) in [5.41, 5.74) is 6.19. The summed E-state index contributed by atoms with van der Waals surface area (Å²) < 4.78 is 23.7. The van der Waals surface area contributed by atoms with Gasteiger partial charge in [0.25, 0.3) is 10.2 Å². The van der Waals surface area contributed by atoms with Crippen LogP contribution in [0.3, 0.4) is 0 Å². The first kappa shape index (κ1) is 17.0. The Labute approximate surface area is 131 Å². The van der Waals surface area contributed by atoms with Crippen molar-refractivity contribution in [2.75, 3.05) is 26.2 Å². The average molecular weight is 339 g/mol. The Balaban J connectivity index is 0.00000161. The molecule has 9 heteroatoms. The minimum Gasteiger partial charge on any atom is -0.340 e. The van der Waals surface area contributed by atoms with Crippen LogP contribution in [0, 0.1) is 17.8 Å². The topological polar surface area (TPSA) is 110 Å². The molecular formula is C12H23ClN4O3S. The van der Waals surface area contributed by atoms with Crippen molar-refractivity contribution in [2.45, 2.75) is 25.3 Å². The zero-order valence-corrected chi connectivity index (χ0v) is 13.5. The predicted octanol–water partition coefficient (Wildman–Crippen LogP) is -0.871. The van der Waals surface area contributed by atoms with Crippen LogP contribution in [0.1, 0.15) is 19.3 Å². The molecule has 2 bridgehead atoms. The van der Waals surface area contributed by atoms with Crippen molar-refractivity contribution in [3.05, 3.63) is 0 Å². The second-order valence-corrected chi connectivity index (χ2v) is 7.75. The molecule has 0 spiro atoms. The molecular weight excluding hydrogens is 316 g/mol. The van der Waals surface area contributed by atoms with Gasteiger partial charge in [0.15, 0.2) is 0 Å². The van der Waals surface area contributed by atoms with Crippen LogP contribution in [0.2, 0.25) is 0 Å². The van der Waals surface area contributed by atoms with E-state index in [0.717, 1.165) is 19.3 Å². The summed E-state index contributed by atoms with van der Waals surface area (Å²) in [7, 11) is -3.64. The maximum Gasteiger partial charge on any atom is 0.277 e. The maximum absolute atomic E-state index is 12.6. The van der Waals surface area contributed by atoms with Crippen LogP contribution >= 0.6 is 12.4 Å². The highest BCUT2D eigenvalue weighted by Gasteiger charge is 2.50. The summed E-state index contributed by atoms with van der Waals surface area (Å²) >= 11 is 0. The van der Waals surface area contributed by atoms with Gasteiger partial charge in [-0.1, -0.05) is 0 Å². The van der Waals surface area contributed by atoms with E-state index in [2.05, 4.69) is 0 Å². The lowest BCUT2D eigenvalue weighted by atomic mass is 9.84. The number of nitrogens with zero attached hydrogens (tertiary/aromatic N) is 2. The van der Waals surface area contributed by atoms with Crippen molar-refractivity contribution in [3.63, 3.8) is 0 Å². The first-order valence-electron chi connectivity index (χ1n) is 7.20. The first-order valence-corrected chi connectivity index (χ1v) is 8.70. The first-order chi connectivity index (χ1) is 9.38. The smallest absolute Gasteiger partial charge is 0.277 e. The molecule has 4 N–H and O–H groups in total. The minimum atomic E-state index is -3.64. The van der Waals surface area contributed by atoms with Gasteiger partial charge in [0, 0.05) is 32.2 Å². The molecule has 4 atom stereocenters. The van der Waals surface area contributed by atoms with E-state index < -0.39 is 10.2 Å². The van der Waals surface area contributed by atoms with Crippen LogP contribution in [-0.4, -0.2) is 55.8 Å². The van der Waals surface area contributed by atoms with Gasteiger partial charge in [0.05, 0.1) is 5.92 Å². The van der Waals surface area contributed by atoms with E-state index in [1.165, 1.54) is 4.31 Å². The van der Waals surface area contributed by atoms with Crippen molar-refractivity contribution in [2.24, 2.45) is 28.6 Å². The molecule has 2 aliphatic carbocycles. The molecule has 2 saturated carbocycles. The fourth-order valence-corrected chi connectivity index (χ4v) is 4.75. The number of carbonyl (C=O) groups is 1. The van der Waals surface area contributed by atoms with Crippen molar-refractivity contribution >= 4 is 28.5 Å². The minimum absolute atomic E-state index is 0. The van der Waals surface area contributed by atoms with Gasteiger partial charge >= 0.3 is 0 Å². The van der Waals surface area contributed by atoms with Crippen molar-refractivity contribution in [1.82, 2.24) is 9.21 Å². The number of carbonyl (C=O) groups excluding carboxylic acids is 1. The highest BCUT2D eigenvalue weighted by Crippen LogP contribution is 2.48. The molecule has 1 saturated heterocycles. The van der Waals surface area contributed by atoms with E-state index in [1.54, 1.807) is 4.90 Å². The van der Waals surface area contributed by atoms with Gasteiger partial charge in [0.1, 0.15) is 0 Å². The molecule has 21 heavy (non-hydrogen) atoms. The molecule has 0 aromatic rings. The number of nitrogens with two attached hydrogens (primary N) is 2. The number of hydrogen-bond acceptors (Lipinski definition) is 4. The molecule has 1 amide bonds. The molecule has 1 heterocycles. The quantitative estimate of drug-likeness (QED) is 0.682. The summed E-state index contributed by atoms with van der Waals surface area (Å²) in [6.45, 7) is 1.38. The monoisotopic (exact) mass is 338 g/mol. The van der Waals surface area contributed by atoms with E-state index in [0.29, 0.717) is 24.9 Å². The molecule has 3 aliphatic rings. The Morgan fingerprint density at radius 1 is 1.05 bits per heavy atom. The van der Waals surface area contributed by atoms with Crippen molar-refractivity contribution in [3.8, 4) is 0 Å². The molecule has 3 rings (SSSR count). The number of piperazine rings is 1. The van der Waals surface area contributed by atoms with E-state index in [4.69, 9.17) is 10.9 Å². The molecule has 3 fully saturated rings. The number of hydrogen-bond donors (Lipinski definition) is 2. The second kappa shape index (κ2) is 6.00. The Morgan fingerprint density at radius 3 is 2.10 bits per heavy atom. The van der Waals surface area contributed by atoms with Gasteiger partial charge in [-0.2, -0.15) is 12.7 Å². The fourth-order valence-electron chi connectivity index (χ4n) is 4.08. The SMILES string of the molecule is Cl.NC1C2CCC(C2)C1C(=O)N1CCN(S(N)(=O)=O)CC1. The molecule has 0 aromatic heterocycles. The van der Waals surface area contributed by atoms with Crippen LogP contribution in [0.5, 0.6) is 0 Å². The van der Waals surface area contributed by atoms with Gasteiger partial charge in [-0.05, 0) is 31.1 Å². The normalized spacial score (nSPS) is 36.6. The van der Waals surface area contributed by atoms with Gasteiger partial charge < -0.3 is 10.6 Å². The summed E-state index contributed by atoms with van der Waals surface area (Å²) in [4.78, 5) is 14.4. The van der Waals surface area contributed by atoms with E-state index in [1.807, 2.05) is 0 Å². The van der Waals surface area contributed by atoms with Gasteiger partial charge in [0.2, 0.25) is 5.91 Å². The van der Waals surface area contributed by atoms with Crippen LogP contribution in [-0.2, 0) is 15.0 Å².